The molecule has 0 bridgehead atoms. The Hall–Kier alpha value is -3.16. The van der Waals surface area contributed by atoms with Crippen LogP contribution < -0.4 is 16.4 Å². The Balaban J connectivity index is 1.49. The molecule has 0 saturated heterocycles. The zero-order chi connectivity index (χ0) is 19.1. The van der Waals surface area contributed by atoms with Gasteiger partial charge in [-0.15, -0.1) is 0 Å². The number of hydrogen-bond acceptors (Lipinski definition) is 5. The lowest BCUT2D eigenvalue weighted by atomic mass is 10.2. The van der Waals surface area contributed by atoms with E-state index in [-0.39, 0.29) is 18.4 Å². The lowest BCUT2D eigenvalue weighted by Crippen LogP contribution is -2.18. The Labute approximate surface area is 161 Å². The van der Waals surface area contributed by atoms with E-state index in [0.29, 0.717) is 29.2 Å². The van der Waals surface area contributed by atoms with Gasteiger partial charge in [-0.25, -0.2) is 0 Å². The molecule has 0 saturated carbocycles. The summed E-state index contributed by atoms with van der Waals surface area (Å²) in [4.78, 5) is 24.2. The highest BCUT2D eigenvalue weighted by Gasteiger charge is 2.09. The van der Waals surface area contributed by atoms with Gasteiger partial charge in [-0.2, -0.15) is 11.3 Å². The van der Waals surface area contributed by atoms with Crippen LogP contribution >= 0.6 is 11.3 Å². The maximum atomic E-state index is 12.3. The minimum absolute atomic E-state index is 0.0363. The first-order valence-corrected chi connectivity index (χ1v) is 9.20. The van der Waals surface area contributed by atoms with Crippen LogP contribution in [0.15, 0.2) is 65.4 Å². The van der Waals surface area contributed by atoms with Gasteiger partial charge in [0.05, 0.1) is 18.0 Å². The monoisotopic (exact) mass is 381 g/mol. The van der Waals surface area contributed by atoms with Gasteiger partial charge in [-0.3, -0.25) is 9.59 Å². The molecule has 6 nitrogen and oxygen atoms in total. The van der Waals surface area contributed by atoms with Crippen LogP contribution in [0.25, 0.3) is 0 Å². The molecule has 2 amide bonds. The molecule has 0 spiro atoms. The van der Waals surface area contributed by atoms with Gasteiger partial charge in [0.2, 0.25) is 5.91 Å². The zero-order valence-corrected chi connectivity index (χ0v) is 15.3. The fourth-order valence-electron chi connectivity index (χ4n) is 2.34. The van der Waals surface area contributed by atoms with Crippen LogP contribution in [0.3, 0.4) is 0 Å². The van der Waals surface area contributed by atoms with E-state index in [1.165, 1.54) is 0 Å². The minimum Gasteiger partial charge on any atom is -0.397 e. The van der Waals surface area contributed by atoms with Gasteiger partial charge in [0.25, 0.3) is 5.91 Å². The molecule has 4 N–H and O–H groups in total. The average Bonchev–Trinajstić information content (AvgIpc) is 3.17. The van der Waals surface area contributed by atoms with E-state index >= 15 is 0 Å². The number of thiophene rings is 1. The van der Waals surface area contributed by atoms with Crippen molar-refractivity contribution in [2.75, 3.05) is 23.0 Å². The first-order valence-electron chi connectivity index (χ1n) is 8.26. The molecule has 138 valence electrons. The molecule has 2 aromatic carbocycles. The summed E-state index contributed by atoms with van der Waals surface area (Å²) in [5, 5.41) is 9.43. The summed E-state index contributed by atoms with van der Waals surface area (Å²) in [5.41, 5.74) is 8.98. The molecule has 0 fully saturated rings. The molecule has 0 aliphatic carbocycles. The number of anilines is 3. The first kappa shape index (κ1) is 18.6. The maximum Gasteiger partial charge on any atom is 0.255 e. The van der Waals surface area contributed by atoms with Crippen LogP contribution in [0.4, 0.5) is 17.1 Å². The van der Waals surface area contributed by atoms with Crippen LogP contribution in [-0.4, -0.2) is 18.4 Å². The van der Waals surface area contributed by atoms with Gasteiger partial charge in [0, 0.05) is 11.3 Å². The fraction of sp³-hybridized carbons (Fsp3) is 0.100. The third-order valence-corrected chi connectivity index (χ3v) is 4.45. The minimum atomic E-state index is -0.273. The molecule has 0 radical (unpaired) electrons. The van der Waals surface area contributed by atoms with Gasteiger partial charge in [-0.1, -0.05) is 12.1 Å². The van der Waals surface area contributed by atoms with Crippen molar-refractivity contribution in [3.05, 3.63) is 76.5 Å². The van der Waals surface area contributed by atoms with Crippen molar-refractivity contribution in [1.29, 1.82) is 0 Å². The van der Waals surface area contributed by atoms with Gasteiger partial charge in [-0.05, 0) is 58.8 Å². The molecule has 1 heterocycles. The van der Waals surface area contributed by atoms with Crippen LogP contribution in [-0.2, 0) is 16.1 Å². The summed E-state index contributed by atoms with van der Waals surface area (Å²) in [6.45, 7) is 0.365. The number of carbonyl (C=O) groups excluding carboxylic acids is 2. The number of para-hydroxylation sites is 2. The van der Waals surface area contributed by atoms with Crippen LogP contribution in [0.5, 0.6) is 0 Å². The summed E-state index contributed by atoms with van der Waals surface area (Å²) in [7, 11) is 0. The normalized spacial score (nSPS) is 10.4. The highest BCUT2D eigenvalue weighted by atomic mass is 32.1. The predicted molar refractivity (Wildman–Crippen MR) is 108 cm³/mol. The van der Waals surface area contributed by atoms with E-state index in [2.05, 4.69) is 10.6 Å². The molecule has 0 aliphatic heterocycles. The Kier molecular flexibility index (Phi) is 6.19. The zero-order valence-electron chi connectivity index (χ0n) is 14.5. The lowest BCUT2D eigenvalue weighted by molar-refractivity contribution is -0.121. The van der Waals surface area contributed by atoms with Gasteiger partial charge in [0.15, 0.2) is 0 Å². The SMILES string of the molecule is Nc1ccccc1NC(=O)c1ccc(NC(=O)COCc2ccsc2)cc1. The van der Waals surface area contributed by atoms with Crippen molar-refractivity contribution in [1.82, 2.24) is 0 Å². The molecule has 3 aromatic rings. The largest absolute Gasteiger partial charge is 0.397 e. The number of hydrogen-bond donors (Lipinski definition) is 3. The topological polar surface area (TPSA) is 93.5 Å². The molecule has 0 atom stereocenters. The van der Waals surface area contributed by atoms with E-state index < -0.39 is 0 Å². The van der Waals surface area contributed by atoms with Gasteiger partial charge < -0.3 is 21.1 Å². The molecular weight excluding hydrogens is 362 g/mol. The third kappa shape index (κ3) is 5.40. The summed E-state index contributed by atoms with van der Waals surface area (Å²) in [5.74, 6) is -0.524. The number of nitrogens with one attached hydrogen (secondary N) is 2. The Morgan fingerprint density at radius 1 is 1.00 bits per heavy atom. The first-order chi connectivity index (χ1) is 13.1. The van der Waals surface area contributed by atoms with E-state index in [1.54, 1.807) is 59.9 Å². The van der Waals surface area contributed by atoms with Crippen molar-refractivity contribution in [2.45, 2.75) is 6.61 Å². The number of ether oxygens (including phenoxy) is 1. The van der Waals surface area contributed by atoms with Crippen molar-refractivity contribution >= 4 is 40.2 Å². The Morgan fingerprint density at radius 2 is 1.78 bits per heavy atom. The van der Waals surface area contributed by atoms with Gasteiger partial charge in [0.1, 0.15) is 6.61 Å². The van der Waals surface area contributed by atoms with E-state index in [4.69, 9.17) is 10.5 Å². The highest BCUT2D eigenvalue weighted by Crippen LogP contribution is 2.18. The molecule has 7 heteroatoms. The van der Waals surface area contributed by atoms with E-state index in [9.17, 15) is 9.59 Å². The molecule has 27 heavy (non-hydrogen) atoms. The number of rotatable bonds is 7. The number of carbonyl (C=O) groups is 2. The Morgan fingerprint density at radius 3 is 2.48 bits per heavy atom. The molecular formula is C20H19N3O3S. The van der Waals surface area contributed by atoms with Crippen LogP contribution in [0.1, 0.15) is 15.9 Å². The second-order valence-corrected chi connectivity index (χ2v) is 6.57. The van der Waals surface area contributed by atoms with E-state index in [1.807, 2.05) is 16.8 Å². The smallest absolute Gasteiger partial charge is 0.255 e. The summed E-state index contributed by atoms with van der Waals surface area (Å²) in [6.07, 6.45) is 0. The maximum absolute atomic E-state index is 12.3. The molecule has 0 unspecified atom stereocenters. The number of benzene rings is 2. The van der Waals surface area contributed by atoms with Crippen LogP contribution in [0.2, 0.25) is 0 Å². The van der Waals surface area contributed by atoms with Crippen molar-refractivity contribution in [3.63, 3.8) is 0 Å². The average molecular weight is 381 g/mol. The van der Waals surface area contributed by atoms with Crippen molar-refractivity contribution < 1.29 is 14.3 Å². The fourth-order valence-corrected chi connectivity index (χ4v) is 3.00. The van der Waals surface area contributed by atoms with E-state index in [0.717, 1.165) is 5.56 Å². The number of amides is 2. The molecule has 0 aliphatic rings. The summed E-state index contributed by atoms with van der Waals surface area (Å²) >= 11 is 1.59. The third-order valence-electron chi connectivity index (χ3n) is 3.72. The van der Waals surface area contributed by atoms with Crippen LogP contribution in [0, 0.1) is 0 Å². The quantitative estimate of drug-likeness (QED) is 0.544. The molecule has 1 aromatic heterocycles. The highest BCUT2D eigenvalue weighted by molar-refractivity contribution is 7.07. The lowest BCUT2D eigenvalue weighted by Gasteiger charge is -2.09. The standard InChI is InChI=1S/C20H19N3O3S/c21-17-3-1-2-4-18(17)23-20(25)15-5-7-16(8-6-15)22-19(24)12-26-11-14-9-10-27-13-14/h1-10,13H,11-12,21H2,(H,22,24)(H,23,25). The second kappa shape index (κ2) is 8.98. The summed E-state index contributed by atoms with van der Waals surface area (Å²) < 4.78 is 5.37. The summed E-state index contributed by atoms with van der Waals surface area (Å²) in [6, 6.07) is 15.6. The Bertz CT molecular complexity index is 908. The van der Waals surface area contributed by atoms with Crippen molar-refractivity contribution in [3.8, 4) is 0 Å². The number of nitrogen functional groups attached to an aromatic ring is 1. The number of nitrogens with two attached hydrogens (primary N) is 1. The predicted octanol–water partition coefficient (Wildman–Crippen LogP) is 3.74. The van der Waals surface area contributed by atoms with Gasteiger partial charge >= 0.3 is 0 Å². The molecule has 3 rings (SSSR count). The second-order valence-electron chi connectivity index (χ2n) is 5.79. The van der Waals surface area contributed by atoms with Crippen molar-refractivity contribution in [2.24, 2.45) is 0 Å².